The van der Waals surface area contributed by atoms with Gasteiger partial charge in [0.15, 0.2) is 0 Å². The quantitative estimate of drug-likeness (QED) is 0.515. The van der Waals surface area contributed by atoms with Gasteiger partial charge in [-0.25, -0.2) is 0 Å². The molecule has 11 heavy (non-hydrogen) atoms. The summed E-state index contributed by atoms with van der Waals surface area (Å²) in [5.74, 6) is 2.12. The zero-order valence-electron chi connectivity index (χ0n) is 7.55. The summed E-state index contributed by atoms with van der Waals surface area (Å²) in [6, 6.07) is 0. The summed E-state index contributed by atoms with van der Waals surface area (Å²) in [5.41, 5.74) is 0. The first kappa shape index (κ1) is 7.60. The fourth-order valence-corrected chi connectivity index (χ4v) is 2.64. The monoisotopic (exact) mass is 153 g/mol. The molecule has 1 heteroatoms. The highest BCUT2D eigenvalue weighted by molar-refractivity contribution is 4.78. The predicted octanol–water partition coefficient (Wildman–Crippen LogP) is 2.13. The molecule has 1 nitrogen and oxygen atoms in total. The second-order valence-corrected chi connectivity index (χ2v) is 4.44. The van der Waals surface area contributed by atoms with E-state index < -0.39 is 0 Å². The largest absolute Gasteiger partial charge is 0.306 e. The van der Waals surface area contributed by atoms with Crippen molar-refractivity contribution in [2.45, 2.75) is 32.1 Å². The summed E-state index contributed by atoms with van der Waals surface area (Å²) >= 11 is 0. The Bertz CT molecular complexity index is 125. The Kier molecular flexibility index (Phi) is 2.17. The molecule has 2 bridgehead atoms. The third kappa shape index (κ3) is 1.76. The highest BCUT2D eigenvalue weighted by Gasteiger charge is 2.24. The average Bonchev–Trinajstić information content (AvgIpc) is 1.98. The Hall–Kier alpha value is -0.0400. The van der Waals surface area contributed by atoms with Crippen LogP contribution in [0.25, 0.3) is 0 Å². The smallest absolute Gasteiger partial charge is 0.000661 e. The second kappa shape index (κ2) is 3.14. The minimum absolute atomic E-state index is 1.04. The van der Waals surface area contributed by atoms with E-state index in [-0.39, 0.29) is 0 Å². The topological polar surface area (TPSA) is 3.24 Å². The highest BCUT2D eigenvalue weighted by atomic mass is 15.1. The van der Waals surface area contributed by atoms with Crippen LogP contribution in [0.15, 0.2) is 0 Å². The van der Waals surface area contributed by atoms with Crippen LogP contribution in [0.3, 0.4) is 0 Å². The van der Waals surface area contributed by atoms with Gasteiger partial charge in [0.05, 0.1) is 0 Å². The molecule has 1 aliphatic carbocycles. The Morgan fingerprint density at radius 3 is 2.27 bits per heavy atom. The standard InChI is InChI=1S/C10H19N/c1-11-7-6-9-2-4-10(8-11)5-3-9/h9-10H,2-8H2,1H3. The molecule has 0 N–H and O–H groups in total. The van der Waals surface area contributed by atoms with E-state index in [4.69, 9.17) is 0 Å². The van der Waals surface area contributed by atoms with Crippen molar-refractivity contribution < 1.29 is 0 Å². The van der Waals surface area contributed by atoms with E-state index >= 15 is 0 Å². The lowest BCUT2D eigenvalue weighted by Gasteiger charge is -2.35. The minimum atomic E-state index is 1.04. The van der Waals surface area contributed by atoms with Crippen LogP contribution >= 0.6 is 0 Å². The number of hydrogen-bond donors (Lipinski definition) is 0. The molecule has 0 atom stereocenters. The molecule has 2 aliphatic heterocycles. The Labute approximate surface area is 69.8 Å². The summed E-state index contributed by atoms with van der Waals surface area (Å²) in [6.07, 6.45) is 7.53. The van der Waals surface area contributed by atoms with Crippen LogP contribution in [0.2, 0.25) is 0 Å². The van der Waals surface area contributed by atoms with Gasteiger partial charge in [-0.05, 0) is 44.7 Å². The van der Waals surface area contributed by atoms with Crippen LogP contribution in [-0.2, 0) is 0 Å². The van der Waals surface area contributed by atoms with Gasteiger partial charge in [0.25, 0.3) is 0 Å². The third-order valence-electron chi connectivity index (χ3n) is 3.46. The Balaban J connectivity index is 1.97. The van der Waals surface area contributed by atoms with E-state index in [0.717, 1.165) is 11.8 Å². The maximum Gasteiger partial charge on any atom is 0.000661 e. The lowest BCUT2D eigenvalue weighted by molar-refractivity contribution is 0.149. The predicted molar refractivity (Wildman–Crippen MR) is 47.6 cm³/mol. The van der Waals surface area contributed by atoms with Crippen LogP contribution in [0.4, 0.5) is 0 Å². The number of rotatable bonds is 0. The summed E-state index contributed by atoms with van der Waals surface area (Å²) in [7, 11) is 2.28. The van der Waals surface area contributed by atoms with E-state index in [1.165, 1.54) is 45.2 Å². The molecule has 0 aromatic rings. The molecular weight excluding hydrogens is 134 g/mol. The fraction of sp³-hybridized carbons (Fsp3) is 1.00. The molecule has 0 aromatic heterocycles. The lowest BCUT2D eigenvalue weighted by atomic mass is 9.79. The van der Waals surface area contributed by atoms with Gasteiger partial charge in [-0.2, -0.15) is 0 Å². The first-order valence-corrected chi connectivity index (χ1v) is 5.03. The van der Waals surface area contributed by atoms with Gasteiger partial charge in [0.2, 0.25) is 0 Å². The summed E-state index contributed by atoms with van der Waals surface area (Å²) in [6.45, 7) is 2.72. The van der Waals surface area contributed by atoms with E-state index in [9.17, 15) is 0 Å². The van der Waals surface area contributed by atoms with E-state index in [0.29, 0.717) is 0 Å². The van der Waals surface area contributed by atoms with Gasteiger partial charge in [0.1, 0.15) is 0 Å². The van der Waals surface area contributed by atoms with Crippen molar-refractivity contribution in [2.75, 3.05) is 20.1 Å². The van der Waals surface area contributed by atoms with Crippen LogP contribution in [0, 0.1) is 11.8 Å². The summed E-state index contributed by atoms with van der Waals surface area (Å²) in [4.78, 5) is 2.52. The Morgan fingerprint density at radius 2 is 1.55 bits per heavy atom. The second-order valence-electron chi connectivity index (χ2n) is 4.44. The summed E-state index contributed by atoms with van der Waals surface area (Å²) in [5, 5.41) is 0. The molecular formula is C10H19N. The van der Waals surface area contributed by atoms with E-state index in [2.05, 4.69) is 11.9 Å². The van der Waals surface area contributed by atoms with Crippen molar-refractivity contribution in [3.05, 3.63) is 0 Å². The van der Waals surface area contributed by atoms with Gasteiger partial charge in [-0.3, -0.25) is 0 Å². The van der Waals surface area contributed by atoms with Crippen molar-refractivity contribution in [2.24, 2.45) is 11.8 Å². The maximum atomic E-state index is 2.52. The van der Waals surface area contributed by atoms with Gasteiger partial charge in [-0.15, -0.1) is 0 Å². The molecule has 0 radical (unpaired) electrons. The van der Waals surface area contributed by atoms with Crippen molar-refractivity contribution in [1.29, 1.82) is 0 Å². The minimum Gasteiger partial charge on any atom is -0.306 e. The third-order valence-corrected chi connectivity index (χ3v) is 3.46. The normalized spacial score (nSPS) is 40.1. The first-order valence-electron chi connectivity index (χ1n) is 5.03. The molecule has 2 heterocycles. The SMILES string of the molecule is CN1CCC2CCC(CC2)C1. The lowest BCUT2D eigenvalue weighted by Crippen LogP contribution is -2.34. The van der Waals surface area contributed by atoms with E-state index in [1.807, 2.05) is 0 Å². The molecule has 3 aliphatic rings. The molecule has 1 saturated carbocycles. The van der Waals surface area contributed by atoms with Crippen LogP contribution < -0.4 is 0 Å². The molecule has 3 rings (SSSR count). The van der Waals surface area contributed by atoms with E-state index in [1.54, 1.807) is 0 Å². The van der Waals surface area contributed by atoms with Crippen LogP contribution in [0.1, 0.15) is 32.1 Å². The van der Waals surface area contributed by atoms with Crippen molar-refractivity contribution in [1.82, 2.24) is 4.90 Å². The van der Waals surface area contributed by atoms with Gasteiger partial charge in [-0.1, -0.05) is 12.8 Å². The maximum absolute atomic E-state index is 2.52. The molecule has 3 fully saturated rings. The zero-order valence-corrected chi connectivity index (χ0v) is 7.55. The van der Waals surface area contributed by atoms with Gasteiger partial charge >= 0.3 is 0 Å². The number of hydrogen-bond acceptors (Lipinski definition) is 1. The van der Waals surface area contributed by atoms with Crippen LogP contribution in [0.5, 0.6) is 0 Å². The van der Waals surface area contributed by atoms with Gasteiger partial charge in [0, 0.05) is 6.54 Å². The van der Waals surface area contributed by atoms with Crippen molar-refractivity contribution >= 4 is 0 Å². The number of nitrogens with zero attached hydrogens (tertiary/aromatic N) is 1. The molecule has 0 unspecified atom stereocenters. The first-order chi connectivity index (χ1) is 5.34. The molecule has 2 saturated heterocycles. The summed E-state index contributed by atoms with van der Waals surface area (Å²) < 4.78 is 0. The molecule has 0 aromatic carbocycles. The highest BCUT2D eigenvalue weighted by Crippen LogP contribution is 2.33. The zero-order chi connectivity index (χ0) is 7.68. The number of fused-ring (bicyclic) bond motifs is 5. The van der Waals surface area contributed by atoms with Crippen LogP contribution in [-0.4, -0.2) is 25.0 Å². The fourth-order valence-electron chi connectivity index (χ4n) is 2.64. The molecule has 0 spiro atoms. The Morgan fingerprint density at radius 1 is 0.909 bits per heavy atom. The van der Waals surface area contributed by atoms with Gasteiger partial charge < -0.3 is 4.90 Å². The van der Waals surface area contributed by atoms with Crippen molar-refractivity contribution in [3.8, 4) is 0 Å². The van der Waals surface area contributed by atoms with Crippen molar-refractivity contribution in [3.63, 3.8) is 0 Å². The molecule has 0 amide bonds. The average molecular weight is 153 g/mol. The molecule has 64 valence electrons.